The predicted molar refractivity (Wildman–Crippen MR) is 149 cm³/mol. The maximum absolute atomic E-state index is 13.4. The highest BCUT2D eigenvalue weighted by Gasteiger charge is 2.28. The lowest BCUT2D eigenvalue weighted by Gasteiger charge is -2.40. The molecule has 0 atom stereocenters. The first-order chi connectivity index (χ1) is 18.6. The lowest BCUT2D eigenvalue weighted by atomic mass is 9.99. The Morgan fingerprint density at radius 2 is 1.66 bits per heavy atom. The summed E-state index contributed by atoms with van der Waals surface area (Å²) in [7, 11) is 0. The Hall–Kier alpha value is -3.23. The SMILES string of the molecule is O=C(CCc1nnc2n(Cc3ccc(Cl)cc3)c(=O)c3ccccc3n12)N1CCC(N2CCCCC2)CC1. The summed E-state index contributed by atoms with van der Waals surface area (Å²) in [5.41, 5.74) is 1.59. The number of likely N-dealkylation sites (tertiary alicyclic amines) is 2. The van der Waals surface area contributed by atoms with Gasteiger partial charge in [-0.15, -0.1) is 10.2 Å². The highest BCUT2D eigenvalue weighted by atomic mass is 35.5. The predicted octanol–water partition coefficient (Wildman–Crippen LogP) is 4.16. The molecule has 198 valence electrons. The molecule has 6 rings (SSSR count). The molecule has 9 heteroatoms. The topological polar surface area (TPSA) is 75.7 Å². The van der Waals surface area contributed by atoms with Gasteiger partial charge in [-0.2, -0.15) is 0 Å². The molecule has 1 amide bonds. The quantitative estimate of drug-likeness (QED) is 0.373. The second kappa shape index (κ2) is 10.9. The summed E-state index contributed by atoms with van der Waals surface area (Å²) in [6, 6.07) is 15.6. The third-order valence-corrected chi connectivity index (χ3v) is 8.37. The van der Waals surface area contributed by atoms with Crippen molar-refractivity contribution in [1.29, 1.82) is 0 Å². The summed E-state index contributed by atoms with van der Waals surface area (Å²) in [5.74, 6) is 1.34. The van der Waals surface area contributed by atoms with Crippen LogP contribution in [0.25, 0.3) is 16.7 Å². The minimum Gasteiger partial charge on any atom is -0.343 e. The van der Waals surface area contributed by atoms with Gasteiger partial charge in [0.25, 0.3) is 5.56 Å². The summed E-state index contributed by atoms with van der Waals surface area (Å²) < 4.78 is 3.58. The largest absolute Gasteiger partial charge is 0.343 e. The number of carbonyl (C=O) groups excluding carboxylic acids is 1. The number of hydrogen-bond donors (Lipinski definition) is 0. The Morgan fingerprint density at radius 3 is 2.42 bits per heavy atom. The van der Waals surface area contributed by atoms with Crippen LogP contribution in [0, 0.1) is 0 Å². The van der Waals surface area contributed by atoms with Crippen molar-refractivity contribution in [2.45, 2.75) is 57.5 Å². The summed E-state index contributed by atoms with van der Waals surface area (Å²) in [6.07, 6.45) is 6.90. The molecular weight excluding hydrogens is 500 g/mol. The number of para-hydroxylation sites is 1. The van der Waals surface area contributed by atoms with Gasteiger partial charge in [0.05, 0.1) is 17.4 Å². The number of amides is 1. The second-order valence-corrected chi connectivity index (χ2v) is 10.9. The molecule has 2 aromatic carbocycles. The Labute approximate surface area is 226 Å². The van der Waals surface area contributed by atoms with E-state index in [2.05, 4.69) is 15.1 Å². The number of benzene rings is 2. The van der Waals surface area contributed by atoms with Crippen molar-refractivity contribution < 1.29 is 4.79 Å². The van der Waals surface area contributed by atoms with Gasteiger partial charge in [0.2, 0.25) is 11.7 Å². The number of hydrogen-bond acceptors (Lipinski definition) is 5. The number of carbonyl (C=O) groups is 1. The maximum atomic E-state index is 13.4. The molecule has 0 unspecified atom stereocenters. The van der Waals surface area contributed by atoms with E-state index >= 15 is 0 Å². The molecule has 2 saturated heterocycles. The molecular formula is C29H33ClN6O2. The molecule has 0 saturated carbocycles. The molecule has 4 aromatic rings. The number of halogens is 1. The van der Waals surface area contributed by atoms with Crippen LogP contribution in [-0.4, -0.2) is 67.1 Å². The highest BCUT2D eigenvalue weighted by Crippen LogP contribution is 2.22. The van der Waals surface area contributed by atoms with Crippen molar-refractivity contribution >= 4 is 34.2 Å². The Balaban J connectivity index is 1.21. The van der Waals surface area contributed by atoms with Gasteiger partial charge in [-0.25, -0.2) is 0 Å². The Morgan fingerprint density at radius 1 is 0.921 bits per heavy atom. The lowest BCUT2D eigenvalue weighted by Crippen LogP contribution is -2.48. The van der Waals surface area contributed by atoms with Crippen LogP contribution in [0.3, 0.4) is 0 Å². The second-order valence-electron chi connectivity index (χ2n) is 10.5. The van der Waals surface area contributed by atoms with Crippen molar-refractivity contribution in [3.63, 3.8) is 0 Å². The lowest BCUT2D eigenvalue weighted by molar-refractivity contribution is -0.132. The van der Waals surface area contributed by atoms with Crippen molar-refractivity contribution in [3.05, 3.63) is 75.3 Å². The van der Waals surface area contributed by atoms with E-state index in [9.17, 15) is 9.59 Å². The van der Waals surface area contributed by atoms with Crippen LogP contribution in [0.4, 0.5) is 0 Å². The van der Waals surface area contributed by atoms with Crippen LogP contribution in [-0.2, 0) is 17.8 Å². The molecule has 2 aliphatic heterocycles. The number of piperidine rings is 2. The van der Waals surface area contributed by atoms with Crippen LogP contribution in [0.5, 0.6) is 0 Å². The van der Waals surface area contributed by atoms with Crippen molar-refractivity contribution in [1.82, 2.24) is 29.0 Å². The summed E-state index contributed by atoms with van der Waals surface area (Å²) in [4.78, 5) is 31.2. The molecule has 4 heterocycles. The van der Waals surface area contributed by atoms with E-state index in [0.29, 0.717) is 47.4 Å². The number of fused-ring (bicyclic) bond motifs is 3. The van der Waals surface area contributed by atoms with Crippen molar-refractivity contribution in [3.8, 4) is 0 Å². The minimum absolute atomic E-state index is 0.116. The summed E-state index contributed by atoms with van der Waals surface area (Å²) in [5, 5.41) is 10.1. The first kappa shape index (κ1) is 25.1. The van der Waals surface area contributed by atoms with E-state index in [1.54, 1.807) is 4.57 Å². The standard InChI is InChI=1S/C29H33ClN6O2/c30-22-10-8-21(9-11-22)20-35-28(38)24-6-2-3-7-25(24)36-26(31-32-29(35)36)12-13-27(37)34-18-14-23(15-19-34)33-16-4-1-5-17-33/h2-3,6-11,23H,1,4-5,12-20H2. The van der Waals surface area contributed by atoms with Crippen LogP contribution >= 0.6 is 11.6 Å². The minimum atomic E-state index is -0.116. The average molecular weight is 533 g/mol. The number of aromatic nitrogens is 4. The first-order valence-electron chi connectivity index (χ1n) is 13.7. The van der Waals surface area contributed by atoms with E-state index in [1.165, 1.54) is 32.4 Å². The zero-order valence-corrected chi connectivity index (χ0v) is 22.3. The fourth-order valence-electron chi connectivity index (χ4n) is 6.03. The van der Waals surface area contributed by atoms with E-state index in [-0.39, 0.29) is 11.5 Å². The third-order valence-electron chi connectivity index (χ3n) is 8.12. The van der Waals surface area contributed by atoms with Crippen molar-refractivity contribution in [2.75, 3.05) is 26.2 Å². The van der Waals surface area contributed by atoms with Crippen LogP contribution in [0.1, 0.15) is 49.9 Å². The molecule has 2 aromatic heterocycles. The van der Waals surface area contributed by atoms with Gasteiger partial charge in [0.15, 0.2) is 0 Å². The van der Waals surface area contributed by atoms with Gasteiger partial charge in [-0.3, -0.25) is 18.6 Å². The number of aryl methyl sites for hydroxylation is 1. The molecule has 0 bridgehead atoms. The van der Waals surface area contributed by atoms with E-state index in [0.717, 1.165) is 37.0 Å². The van der Waals surface area contributed by atoms with E-state index in [4.69, 9.17) is 11.6 Å². The Kier molecular flexibility index (Phi) is 7.17. The molecule has 0 N–H and O–H groups in total. The smallest absolute Gasteiger partial charge is 0.263 e. The molecule has 8 nitrogen and oxygen atoms in total. The van der Waals surface area contributed by atoms with Crippen LogP contribution in [0.15, 0.2) is 53.3 Å². The molecule has 0 radical (unpaired) electrons. The van der Waals surface area contributed by atoms with Crippen molar-refractivity contribution in [2.24, 2.45) is 0 Å². The molecule has 0 spiro atoms. The normalized spacial score (nSPS) is 17.4. The number of rotatable bonds is 6. The van der Waals surface area contributed by atoms with Gasteiger partial charge in [-0.1, -0.05) is 42.3 Å². The monoisotopic (exact) mass is 532 g/mol. The first-order valence-corrected chi connectivity index (χ1v) is 14.1. The van der Waals surface area contributed by atoms with Gasteiger partial charge >= 0.3 is 0 Å². The van der Waals surface area contributed by atoms with Gasteiger partial charge in [-0.05, 0) is 68.6 Å². The number of nitrogens with zero attached hydrogens (tertiary/aromatic N) is 6. The van der Waals surface area contributed by atoms with E-state index in [1.807, 2.05) is 57.8 Å². The zero-order valence-electron chi connectivity index (χ0n) is 21.6. The zero-order chi connectivity index (χ0) is 26.1. The fraction of sp³-hybridized carbons (Fsp3) is 0.448. The molecule has 0 aliphatic carbocycles. The maximum Gasteiger partial charge on any atom is 0.263 e. The summed E-state index contributed by atoms with van der Waals surface area (Å²) >= 11 is 6.05. The van der Waals surface area contributed by atoms with Crippen LogP contribution < -0.4 is 5.56 Å². The highest BCUT2D eigenvalue weighted by molar-refractivity contribution is 6.30. The molecule has 2 fully saturated rings. The summed E-state index contributed by atoms with van der Waals surface area (Å²) in [6.45, 7) is 4.41. The Bertz CT molecular complexity index is 1500. The van der Waals surface area contributed by atoms with E-state index < -0.39 is 0 Å². The fourth-order valence-corrected chi connectivity index (χ4v) is 6.16. The average Bonchev–Trinajstić information content (AvgIpc) is 3.39. The van der Waals surface area contributed by atoms with Gasteiger partial charge in [0.1, 0.15) is 5.82 Å². The molecule has 2 aliphatic rings. The molecule has 38 heavy (non-hydrogen) atoms. The van der Waals surface area contributed by atoms with Gasteiger partial charge in [0, 0.05) is 37.0 Å². The third kappa shape index (κ3) is 4.95. The van der Waals surface area contributed by atoms with Crippen LogP contribution in [0.2, 0.25) is 5.02 Å². The van der Waals surface area contributed by atoms with Gasteiger partial charge < -0.3 is 9.80 Å².